The number of carbonyl (C=O) groups excluding carboxylic acids is 1. The van der Waals surface area contributed by atoms with Crippen LogP contribution in [0.1, 0.15) is 52.7 Å². The molecule has 4 aromatic rings. The molecule has 2 aromatic carbocycles. The van der Waals surface area contributed by atoms with Crippen molar-refractivity contribution in [3.63, 3.8) is 0 Å². The second-order valence-corrected chi connectivity index (χ2v) is 9.78. The molecule has 2 N–H and O–H groups in total. The van der Waals surface area contributed by atoms with Crippen LogP contribution < -0.4 is 10.2 Å². The molecule has 40 heavy (non-hydrogen) atoms. The number of anilines is 2. The van der Waals surface area contributed by atoms with E-state index in [0.717, 1.165) is 31.7 Å². The molecule has 1 fully saturated rings. The van der Waals surface area contributed by atoms with Crippen LogP contribution in [-0.4, -0.2) is 39.5 Å². The van der Waals surface area contributed by atoms with E-state index in [1.165, 1.54) is 18.5 Å². The summed E-state index contributed by atoms with van der Waals surface area (Å²) in [5.74, 6) is 1.47. The Labute approximate surface area is 228 Å². The Morgan fingerprint density at radius 3 is 2.62 bits per heavy atom. The fourth-order valence-corrected chi connectivity index (χ4v) is 5.09. The first-order valence-electron chi connectivity index (χ1n) is 12.8. The average Bonchev–Trinajstić information content (AvgIpc) is 3.67. The zero-order valence-electron chi connectivity index (χ0n) is 21.7. The van der Waals surface area contributed by atoms with Gasteiger partial charge in [-0.1, -0.05) is 25.0 Å². The Morgan fingerprint density at radius 1 is 1.15 bits per heavy atom. The molecule has 1 aliphatic carbocycles. The summed E-state index contributed by atoms with van der Waals surface area (Å²) in [7, 11) is 1.64. The zero-order valence-corrected chi connectivity index (χ0v) is 21.7. The lowest BCUT2D eigenvalue weighted by molar-refractivity contribution is -0.138. The number of aromatic nitrogens is 4. The molecule has 0 unspecified atom stereocenters. The number of hydrogen-bond donors (Lipinski definition) is 2. The summed E-state index contributed by atoms with van der Waals surface area (Å²) >= 11 is 0. The van der Waals surface area contributed by atoms with Crippen LogP contribution in [0.4, 0.5) is 24.8 Å². The van der Waals surface area contributed by atoms with E-state index < -0.39 is 11.7 Å². The fourth-order valence-electron chi connectivity index (χ4n) is 5.09. The summed E-state index contributed by atoms with van der Waals surface area (Å²) in [5, 5.41) is 19.9. The number of pyridine rings is 1. The van der Waals surface area contributed by atoms with Crippen molar-refractivity contribution >= 4 is 17.9 Å². The molecule has 0 atom stereocenters. The molecule has 0 radical (unpaired) electrons. The van der Waals surface area contributed by atoms with Gasteiger partial charge in [0.1, 0.15) is 24.2 Å². The van der Waals surface area contributed by atoms with Crippen LogP contribution in [0.2, 0.25) is 0 Å². The number of nitrogens with one attached hydrogen (secondary N) is 2. The molecule has 2 aromatic heterocycles. The van der Waals surface area contributed by atoms with Crippen LogP contribution in [0, 0.1) is 11.3 Å². The predicted molar refractivity (Wildman–Crippen MR) is 145 cm³/mol. The maximum absolute atomic E-state index is 13.8. The van der Waals surface area contributed by atoms with Crippen molar-refractivity contribution in [3.05, 3.63) is 77.1 Å². The van der Waals surface area contributed by atoms with Gasteiger partial charge in [0.25, 0.3) is 0 Å². The lowest BCUT2D eigenvalue weighted by Gasteiger charge is -2.24. The summed E-state index contributed by atoms with van der Waals surface area (Å²) in [6, 6.07) is 14.8. The van der Waals surface area contributed by atoms with E-state index in [2.05, 4.69) is 26.6 Å². The molecule has 0 spiro atoms. The Morgan fingerprint density at radius 2 is 1.95 bits per heavy atom. The van der Waals surface area contributed by atoms with Gasteiger partial charge in [0.05, 0.1) is 17.2 Å². The summed E-state index contributed by atoms with van der Waals surface area (Å²) in [6.07, 6.45) is 1.39. The number of halogens is 3. The normalized spacial score (nSPS) is 13.7. The minimum Gasteiger partial charge on any atom is -0.367 e. The van der Waals surface area contributed by atoms with Gasteiger partial charge in [-0.15, -0.1) is 0 Å². The van der Waals surface area contributed by atoms with E-state index >= 15 is 0 Å². The van der Waals surface area contributed by atoms with Crippen molar-refractivity contribution in [2.24, 2.45) is 0 Å². The Balaban J connectivity index is 1.62. The lowest BCUT2D eigenvalue weighted by Crippen LogP contribution is -2.23. The van der Waals surface area contributed by atoms with Crippen LogP contribution in [-0.2, 0) is 12.7 Å². The predicted octanol–water partition coefficient (Wildman–Crippen LogP) is 6.23. The highest BCUT2D eigenvalue weighted by molar-refractivity contribution is 5.84. The summed E-state index contributed by atoms with van der Waals surface area (Å²) in [6.45, 7) is -0.198. The quantitative estimate of drug-likeness (QED) is 0.253. The fraction of sp³-hybridized carbons (Fsp3) is 0.276. The SMILES string of the molecule is CN(Cc1c(C=O)cccc1C(F)(F)F)c1cc(-c2cc(C#N)ccc2-c2ncn[nH]2)cc(NC2CCCC2)n1. The number of nitriles is 1. The molecule has 5 rings (SSSR count). The number of carbonyl (C=O) groups is 1. The second-order valence-electron chi connectivity index (χ2n) is 9.78. The van der Waals surface area contributed by atoms with Gasteiger partial charge in [-0.25, -0.2) is 9.97 Å². The molecular formula is C29H26F3N7O. The van der Waals surface area contributed by atoms with Crippen molar-refractivity contribution in [2.45, 2.75) is 44.4 Å². The van der Waals surface area contributed by atoms with Crippen LogP contribution >= 0.6 is 0 Å². The standard InChI is InChI=1S/C29H26F3N7O/c1-39(15-24-19(16-40)5-4-8-25(24)29(30,31)32)27-13-20(12-26(37-27)36-21-6-2-3-7-21)23-11-18(14-33)9-10-22(23)28-34-17-35-38-28/h4-5,8-13,16-17,21H,2-3,6-7,15H2,1H3,(H,36,37)(H,34,35,38). The van der Waals surface area contributed by atoms with Crippen LogP contribution in [0.15, 0.2) is 54.9 Å². The Hall–Kier alpha value is -4.72. The van der Waals surface area contributed by atoms with Gasteiger partial charge in [0, 0.05) is 30.8 Å². The summed E-state index contributed by atoms with van der Waals surface area (Å²) in [5.41, 5.74) is 1.50. The monoisotopic (exact) mass is 545 g/mol. The molecule has 1 saturated carbocycles. The third kappa shape index (κ3) is 5.66. The van der Waals surface area contributed by atoms with Gasteiger partial charge in [0.15, 0.2) is 5.82 Å². The number of hydrogen-bond acceptors (Lipinski definition) is 7. The van der Waals surface area contributed by atoms with Crippen molar-refractivity contribution in [2.75, 3.05) is 17.3 Å². The summed E-state index contributed by atoms with van der Waals surface area (Å²) in [4.78, 5) is 22.3. The molecule has 1 aliphatic rings. The number of aromatic amines is 1. The molecule has 0 amide bonds. The van der Waals surface area contributed by atoms with Gasteiger partial charge >= 0.3 is 6.18 Å². The van der Waals surface area contributed by atoms with E-state index in [1.54, 1.807) is 36.2 Å². The minimum absolute atomic E-state index is 0.0311. The third-order valence-corrected chi connectivity index (χ3v) is 7.08. The molecule has 2 heterocycles. The van der Waals surface area contributed by atoms with Gasteiger partial charge in [-0.2, -0.15) is 23.5 Å². The van der Waals surface area contributed by atoms with Crippen molar-refractivity contribution in [1.29, 1.82) is 5.26 Å². The molecule has 0 bridgehead atoms. The van der Waals surface area contributed by atoms with E-state index in [4.69, 9.17) is 4.98 Å². The van der Waals surface area contributed by atoms with Crippen molar-refractivity contribution in [1.82, 2.24) is 20.2 Å². The third-order valence-electron chi connectivity index (χ3n) is 7.08. The van der Waals surface area contributed by atoms with Crippen LogP contribution in [0.3, 0.4) is 0 Å². The molecule has 0 aliphatic heterocycles. The molecule has 204 valence electrons. The van der Waals surface area contributed by atoms with Gasteiger partial charge in [0.2, 0.25) is 0 Å². The average molecular weight is 546 g/mol. The van der Waals surface area contributed by atoms with E-state index in [-0.39, 0.29) is 23.7 Å². The number of benzene rings is 2. The van der Waals surface area contributed by atoms with Crippen LogP contribution in [0.5, 0.6) is 0 Å². The number of alkyl halides is 3. The largest absolute Gasteiger partial charge is 0.416 e. The van der Waals surface area contributed by atoms with E-state index in [0.29, 0.717) is 46.0 Å². The number of rotatable bonds is 8. The van der Waals surface area contributed by atoms with Gasteiger partial charge < -0.3 is 10.2 Å². The first-order chi connectivity index (χ1) is 19.3. The first-order valence-corrected chi connectivity index (χ1v) is 12.8. The number of nitrogens with zero attached hydrogens (tertiary/aromatic N) is 5. The topological polar surface area (TPSA) is 111 Å². The first kappa shape index (κ1) is 26.9. The zero-order chi connectivity index (χ0) is 28.3. The summed E-state index contributed by atoms with van der Waals surface area (Å²) < 4.78 is 41.5. The number of H-pyrrole nitrogens is 1. The molecule has 0 saturated heterocycles. The highest BCUT2D eigenvalue weighted by atomic mass is 19.4. The molecule has 11 heteroatoms. The van der Waals surface area contributed by atoms with Crippen molar-refractivity contribution < 1.29 is 18.0 Å². The number of aldehydes is 1. The van der Waals surface area contributed by atoms with Crippen LogP contribution in [0.25, 0.3) is 22.5 Å². The highest BCUT2D eigenvalue weighted by Crippen LogP contribution is 2.37. The highest BCUT2D eigenvalue weighted by Gasteiger charge is 2.34. The van der Waals surface area contributed by atoms with Gasteiger partial charge in [-0.05, 0) is 65.9 Å². The van der Waals surface area contributed by atoms with Gasteiger partial charge in [-0.3, -0.25) is 9.89 Å². The maximum Gasteiger partial charge on any atom is 0.416 e. The maximum atomic E-state index is 13.8. The van der Waals surface area contributed by atoms with E-state index in [1.807, 2.05) is 6.07 Å². The van der Waals surface area contributed by atoms with Crippen molar-refractivity contribution in [3.8, 4) is 28.6 Å². The smallest absolute Gasteiger partial charge is 0.367 e. The van der Waals surface area contributed by atoms with E-state index in [9.17, 15) is 23.2 Å². The molecule has 8 nitrogen and oxygen atoms in total. The Bertz CT molecular complexity index is 1560. The minimum atomic E-state index is -4.62. The molecular weight excluding hydrogens is 519 g/mol. The Kier molecular flexibility index (Phi) is 7.51. The lowest BCUT2D eigenvalue weighted by atomic mass is 9.97. The second kappa shape index (κ2) is 11.2.